The number of oxazole rings is 1. The van der Waals surface area contributed by atoms with Gasteiger partial charge >= 0.3 is 0 Å². The molecule has 0 bridgehead atoms. The topological polar surface area (TPSA) is 55.1 Å². The van der Waals surface area contributed by atoms with Crippen molar-refractivity contribution in [3.63, 3.8) is 0 Å². The van der Waals surface area contributed by atoms with Gasteiger partial charge in [0.25, 0.3) is 0 Å². The van der Waals surface area contributed by atoms with Gasteiger partial charge in [0.05, 0.1) is 6.20 Å². The van der Waals surface area contributed by atoms with Crippen molar-refractivity contribution in [2.75, 3.05) is 5.32 Å². The molecule has 0 saturated carbocycles. The Morgan fingerprint density at radius 3 is 2.36 bits per heavy atom. The highest BCUT2D eigenvalue weighted by molar-refractivity contribution is 6.35. The lowest BCUT2D eigenvalue weighted by atomic mass is 10.2. The van der Waals surface area contributed by atoms with Gasteiger partial charge < -0.3 is 9.73 Å². The van der Waals surface area contributed by atoms with E-state index in [1.807, 2.05) is 12.1 Å². The van der Waals surface area contributed by atoms with Gasteiger partial charge in [-0.25, -0.2) is 4.98 Å². The zero-order valence-corrected chi connectivity index (χ0v) is 15.2. The molecule has 7 heteroatoms. The number of amides is 1. The molecule has 0 aliphatic carbocycles. The first-order valence-corrected chi connectivity index (χ1v) is 8.59. The molecule has 25 heavy (non-hydrogen) atoms. The first-order valence-electron chi connectivity index (χ1n) is 7.46. The van der Waals surface area contributed by atoms with E-state index in [0.29, 0.717) is 38.8 Å². The molecule has 1 aromatic heterocycles. The summed E-state index contributed by atoms with van der Waals surface area (Å²) >= 11 is 17.7. The molecule has 0 atom stereocenters. The maximum atomic E-state index is 12.0. The number of carbonyl (C=O) groups is 1. The number of hydrogen-bond acceptors (Lipinski definition) is 3. The summed E-state index contributed by atoms with van der Waals surface area (Å²) in [7, 11) is 0. The second-order valence-electron chi connectivity index (χ2n) is 5.33. The molecule has 0 radical (unpaired) electrons. The third-order valence-electron chi connectivity index (χ3n) is 3.39. The molecule has 1 N–H and O–H groups in total. The maximum Gasteiger partial charge on any atom is 0.224 e. The van der Waals surface area contributed by atoms with Gasteiger partial charge in [-0.2, -0.15) is 0 Å². The normalized spacial score (nSPS) is 10.7. The first-order chi connectivity index (χ1) is 12.0. The molecule has 2 aromatic carbocycles. The van der Waals surface area contributed by atoms with Crippen LogP contribution in [0.15, 0.2) is 53.1 Å². The van der Waals surface area contributed by atoms with Crippen molar-refractivity contribution in [2.45, 2.75) is 12.8 Å². The number of aryl methyl sites for hydroxylation is 1. The summed E-state index contributed by atoms with van der Waals surface area (Å²) in [6, 6.07) is 12.1. The van der Waals surface area contributed by atoms with Crippen LogP contribution in [0, 0.1) is 0 Å². The Labute approximate surface area is 159 Å². The lowest BCUT2D eigenvalue weighted by Crippen LogP contribution is -2.12. The van der Waals surface area contributed by atoms with Crippen LogP contribution in [0.5, 0.6) is 0 Å². The molecule has 0 aliphatic rings. The largest absolute Gasteiger partial charge is 0.441 e. The average Bonchev–Trinajstić information content (AvgIpc) is 3.01. The molecule has 0 saturated heterocycles. The molecule has 3 aromatic rings. The van der Waals surface area contributed by atoms with E-state index in [0.717, 1.165) is 5.56 Å². The van der Waals surface area contributed by atoms with E-state index >= 15 is 0 Å². The minimum absolute atomic E-state index is 0.176. The maximum absolute atomic E-state index is 12.0. The molecular weight excluding hydrogens is 383 g/mol. The van der Waals surface area contributed by atoms with E-state index in [4.69, 9.17) is 39.2 Å². The molecular formula is C18H13Cl3N2O2. The molecule has 1 heterocycles. The summed E-state index contributed by atoms with van der Waals surface area (Å²) in [5, 5.41) is 4.32. The highest BCUT2D eigenvalue weighted by Gasteiger charge is 2.10. The zero-order chi connectivity index (χ0) is 17.8. The zero-order valence-electron chi connectivity index (χ0n) is 12.9. The summed E-state index contributed by atoms with van der Waals surface area (Å²) in [6.07, 6.45) is 2.24. The Bertz CT molecular complexity index is 871. The number of anilines is 1. The average molecular weight is 396 g/mol. The summed E-state index contributed by atoms with van der Waals surface area (Å²) in [5.41, 5.74) is 1.43. The molecule has 3 rings (SSSR count). The van der Waals surface area contributed by atoms with Crippen LogP contribution in [0.4, 0.5) is 5.69 Å². The molecule has 1 amide bonds. The number of rotatable bonds is 5. The van der Waals surface area contributed by atoms with Crippen LogP contribution in [-0.4, -0.2) is 10.9 Å². The van der Waals surface area contributed by atoms with Crippen LogP contribution in [0.2, 0.25) is 15.1 Å². The van der Waals surface area contributed by atoms with Crippen molar-refractivity contribution < 1.29 is 9.21 Å². The molecule has 0 unspecified atom stereocenters. The van der Waals surface area contributed by atoms with Gasteiger partial charge in [0.2, 0.25) is 5.91 Å². The highest BCUT2D eigenvalue weighted by Crippen LogP contribution is 2.24. The number of halogens is 3. The van der Waals surface area contributed by atoms with Crippen LogP contribution >= 0.6 is 34.8 Å². The van der Waals surface area contributed by atoms with Crippen molar-refractivity contribution in [3.05, 3.63) is 69.6 Å². The Morgan fingerprint density at radius 2 is 1.68 bits per heavy atom. The third kappa shape index (κ3) is 4.98. The van der Waals surface area contributed by atoms with Crippen molar-refractivity contribution >= 4 is 46.4 Å². The minimum Gasteiger partial charge on any atom is -0.441 e. The van der Waals surface area contributed by atoms with E-state index < -0.39 is 0 Å². The van der Waals surface area contributed by atoms with Crippen molar-refractivity contribution in [3.8, 4) is 11.3 Å². The van der Waals surface area contributed by atoms with Gasteiger partial charge in [-0.15, -0.1) is 0 Å². The predicted octanol–water partition coefficient (Wildman–Crippen LogP) is 5.87. The van der Waals surface area contributed by atoms with E-state index in [9.17, 15) is 4.79 Å². The van der Waals surface area contributed by atoms with Crippen LogP contribution in [0.3, 0.4) is 0 Å². The quantitative estimate of drug-likeness (QED) is 0.587. The van der Waals surface area contributed by atoms with Crippen molar-refractivity contribution in [1.29, 1.82) is 0 Å². The number of nitrogens with one attached hydrogen (secondary N) is 1. The van der Waals surface area contributed by atoms with Gasteiger partial charge in [-0.1, -0.05) is 34.8 Å². The van der Waals surface area contributed by atoms with E-state index in [1.165, 1.54) is 0 Å². The fraction of sp³-hybridized carbons (Fsp3) is 0.111. The summed E-state index contributed by atoms with van der Waals surface area (Å²) in [4.78, 5) is 16.2. The smallest absolute Gasteiger partial charge is 0.224 e. The molecule has 4 nitrogen and oxygen atoms in total. The van der Waals surface area contributed by atoms with E-state index in [2.05, 4.69) is 10.3 Å². The molecule has 0 aliphatic heterocycles. The second kappa shape index (κ2) is 7.91. The van der Waals surface area contributed by atoms with Crippen LogP contribution in [-0.2, 0) is 11.2 Å². The minimum atomic E-state index is -0.176. The van der Waals surface area contributed by atoms with Crippen LogP contribution in [0.1, 0.15) is 12.3 Å². The Balaban J connectivity index is 1.58. The fourth-order valence-electron chi connectivity index (χ4n) is 2.24. The van der Waals surface area contributed by atoms with E-state index in [1.54, 1.807) is 36.5 Å². The summed E-state index contributed by atoms with van der Waals surface area (Å²) in [5.74, 6) is 0.947. The molecule has 0 spiro atoms. The highest BCUT2D eigenvalue weighted by atomic mass is 35.5. The molecule has 128 valence electrons. The molecule has 0 fully saturated rings. The fourth-order valence-corrected chi connectivity index (χ4v) is 2.90. The van der Waals surface area contributed by atoms with Crippen LogP contribution < -0.4 is 5.32 Å². The Kier molecular flexibility index (Phi) is 5.63. The predicted molar refractivity (Wildman–Crippen MR) is 100 cm³/mol. The van der Waals surface area contributed by atoms with Gasteiger partial charge in [0, 0.05) is 39.2 Å². The second-order valence-corrected chi connectivity index (χ2v) is 6.64. The number of aromatic nitrogens is 1. The lowest BCUT2D eigenvalue weighted by Gasteiger charge is -2.05. The Hall–Kier alpha value is -2.01. The summed E-state index contributed by atoms with van der Waals surface area (Å²) < 4.78 is 5.67. The standard InChI is InChI=1S/C18H13Cl3N2O2/c19-12-3-1-11(2-4-12)16-10-22-18(25-16)6-5-17(24)23-15-8-13(20)7-14(21)9-15/h1-4,7-10H,5-6H2,(H,23,24). The van der Waals surface area contributed by atoms with E-state index in [-0.39, 0.29) is 12.3 Å². The monoisotopic (exact) mass is 394 g/mol. The van der Waals surface area contributed by atoms with Gasteiger partial charge in [0.1, 0.15) is 0 Å². The Morgan fingerprint density at radius 1 is 1.00 bits per heavy atom. The third-order valence-corrected chi connectivity index (χ3v) is 4.08. The number of hydrogen-bond donors (Lipinski definition) is 1. The lowest BCUT2D eigenvalue weighted by molar-refractivity contribution is -0.116. The summed E-state index contributed by atoms with van der Waals surface area (Å²) in [6.45, 7) is 0. The van der Waals surface area contributed by atoms with Crippen molar-refractivity contribution in [1.82, 2.24) is 4.98 Å². The van der Waals surface area contributed by atoms with Crippen LogP contribution in [0.25, 0.3) is 11.3 Å². The number of benzene rings is 2. The first kappa shape index (κ1) is 17.8. The SMILES string of the molecule is O=C(CCc1ncc(-c2ccc(Cl)cc2)o1)Nc1cc(Cl)cc(Cl)c1. The van der Waals surface area contributed by atoms with Gasteiger partial charge in [-0.3, -0.25) is 4.79 Å². The van der Waals surface area contributed by atoms with Gasteiger partial charge in [0.15, 0.2) is 11.7 Å². The number of carbonyl (C=O) groups excluding carboxylic acids is 1. The van der Waals surface area contributed by atoms with Gasteiger partial charge in [-0.05, 0) is 42.5 Å². The number of nitrogens with zero attached hydrogens (tertiary/aromatic N) is 1. The van der Waals surface area contributed by atoms with Crippen molar-refractivity contribution in [2.24, 2.45) is 0 Å².